The number of fused-ring (bicyclic) bond motifs is 1. The highest BCUT2D eigenvalue weighted by atomic mass is 31.2. The predicted molar refractivity (Wildman–Crippen MR) is 150 cm³/mol. The first-order chi connectivity index (χ1) is 19.5. The molecule has 1 aromatic heterocycles. The predicted octanol–water partition coefficient (Wildman–Crippen LogP) is 4.44. The van der Waals surface area contributed by atoms with Gasteiger partial charge in [0.15, 0.2) is 5.78 Å². The Labute approximate surface area is 237 Å². The van der Waals surface area contributed by atoms with Crippen molar-refractivity contribution in [1.29, 1.82) is 0 Å². The van der Waals surface area contributed by atoms with E-state index in [-0.39, 0.29) is 50.4 Å². The molecule has 12 heteroatoms. The molecule has 0 aliphatic carbocycles. The molecule has 4 rings (SSSR count). The molecule has 0 unspecified atom stereocenters. The third-order valence-corrected chi connectivity index (χ3v) is 9.17. The van der Waals surface area contributed by atoms with E-state index in [0.29, 0.717) is 27.6 Å². The molecule has 0 saturated carbocycles. The molecule has 9 nitrogen and oxygen atoms in total. The maximum atomic E-state index is 14.5. The number of amides is 2. The number of likely N-dealkylation sites (tertiary alicyclic amines) is 1. The van der Waals surface area contributed by atoms with E-state index in [1.807, 2.05) is 0 Å². The molecule has 3 aromatic rings. The molecule has 1 fully saturated rings. The zero-order chi connectivity index (χ0) is 29.9. The molecule has 220 valence electrons. The van der Waals surface area contributed by atoms with E-state index < -0.39 is 37.4 Å². The van der Waals surface area contributed by atoms with Crippen molar-refractivity contribution >= 4 is 41.4 Å². The van der Waals surface area contributed by atoms with Gasteiger partial charge in [0.25, 0.3) is 0 Å². The second-order valence-corrected chi connectivity index (χ2v) is 11.9. The Bertz CT molecular complexity index is 1510. The van der Waals surface area contributed by atoms with Crippen LogP contribution >= 0.6 is 7.60 Å². The van der Waals surface area contributed by atoms with Gasteiger partial charge in [-0.2, -0.15) is 0 Å². The van der Waals surface area contributed by atoms with Crippen molar-refractivity contribution in [3.8, 4) is 0 Å². The van der Waals surface area contributed by atoms with Crippen molar-refractivity contribution in [2.24, 2.45) is 0 Å². The Hall–Kier alpha value is -3.40. The Morgan fingerprint density at radius 2 is 1.83 bits per heavy atom. The number of alkyl halides is 1. The van der Waals surface area contributed by atoms with Crippen LogP contribution in [-0.2, 0) is 36.3 Å². The molecule has 1 aliphatic rings. The van der Waals surface area contributed by atoms with Gasteiger partial charge < -0.3 is 23.8 Å². The third kappa shape index (κ3) is 6.42. The Morgan fingerprint density at radius 3 is 2.49 bits per heavy atom. The highest BCUT2D eigenvalue weighted by Gasteiger charge is 2.40. The van der Waals surface area contributed by atoms with E-state index >= 15 is 0 Å². The van der Waals surface area contributed by atoms with Gasteiger partial charge in [-0.05, 0) is 51.5 Å². The fourth-order valence-electron chi connectivity index (χ4n) is 5.08. The highest BCUT2D eigenvalue weighted by molar-refractivity contribution is 7.62. The summed E-state index contributed by atoms with van der Waals surface area (Å²) in [5, 5.41) is 3.37. The summed E-state index contributed by atoms with van der Waals surface area (Å²) in [6.45, 7) is 6.08. The van der Waals surface area contributed by atoms with Gasteiger partial charge in [0.2, 0.25) is 11.8 Å². The van der Waals surface area contributed by atoms with E-state index in [9.17, 15) is 27.7 Å². The smallest absolute Gasteiger partial charge is 0.350 e. The topological polar surface area (TPSA) is 107 Å². The van der Waals surface area contributed by atoms with Crippen LogP contribution in [0, 0.1) is 12.7 Å². The number of nitrogens with one attached hydrogen (secondary N) is 1. The van der Waals surface area contributed by atoms with Crippen molar-refractivity contribution in [1.82, 2.24) is 14.8 Å². The standard InChI is InChI=1S/C29H34F2N3O6P/c1-5-39-41(38,40-6-2)22-10-11-25-23(13-22)24(19(4)35)16-33(25)17-27(36)34-15-21(30)12-26(34)29(37)32-14-20-9-7-8-18(3)28(20)31/h7-11,13,16,21,26H,5-6,12,14-15,17H2,1-4H3,(H,32,37)/t21-,26+/m1/s1. The lowest BCUT2D eigenvalue weighted by molar-refractivity contribution is -0.139. The van der Waals surface area contributed by atoms with E-state index in [1.54, 1.807) is 61.7 Å². The van der Waals surface area contributed by atoms with E-state index in [0.717, 1.165) is 0 Å². The maximum Gasteiger partial charge on any atom is 0.361 e. The van der Waals surface area contributed by atoms with Crippen LogP contribution < -0.4 is 10.6 Å². The van der Waals surface area contributed by atoms with Gasteiger partial charge in [-0.15, -0.1) is 0 Å². The summed E-state index contributed by atoms with van der Waals surface area (Å²) in [5.41, 5.74) is 1.54. The van der Waals surface area contributed by atoms with E-state index in [1.165, 1.54) is 18.0 Å². The number of carbonyl (C=O) groups is 3. The lowest BCUT2D eigenvalue weighted by atomic mass is 10.1. The number of rotatable bonds is 11. The molecule has 2 aromatic carbocycles. The molecule has 2 atom stereocenters. The Kier molecular flexibility index (Phi) is 9.41. The quantitative estimate of drug-likeness (QED) is 0.262. The van der Waals surface area contributed by atoms with Crippen molar-refractivity contribution in [3.05, 3.63) is 65.1 Å². The maximum absolute atomic E-state index is 14.5. The minimum Gasteiger partial charge on any atom is -0.350 e. The number of hydrogen-bond acceptors (Lipinski definition) is 6. The average Bonchev–Trinajstić information content (AvgIpc) is 3.50. The Morgan fingerprint density at radius 1 is 1.12 bits per heavy atom. The number of halogens is 2. The van der Waals surface area contributed by atoms with Gasteiger partial charge in [0, 0.05) is 41.2 Å². The van der Waals surface area contributed by atoms with Crippen LogP contribution in [-0.4, -0.2) is 59.0 Å². The minimum absolute atomic E-state index is 0.0955. The molecule has 41 heavy (non-hydrogen) atoms. The van der Waals surface area contributed by atoms with Gasteiger partial charge in [-0.25, -0.2) is 8.78 Å². The van der Waals surface area contributed by atoms with Crippen molar-refractivity contribution < 1.29 is 36.8 Å². The lowest BCUT2D eigenvalue weighted by Gasteiger charge is -2.24. The van der Waals surface area contributed by atoms with Crippen LogP contribution in [0.4, 0.5) is 8.78 Å². The largest absolute Gasteiger partial charge is 0.361 e. The molecule has 1 N–H and O–H groups in total. The molecular weight excluding hydrogens is 555 g/mol. The zero-order valence-corrected chi connectivity index (χ0v) is 24.4. The first-order valence-corrected chi connectivity index (χ1v) is 15.0. The lowest BCUT2D eigenvalue weighted by Crippen LogP contribution is -2.46. The third-order valence-electron chi connectivity index (χ3n) is 7.06. The number of aryl methyl sites for hydroxylation is 1. The molecule has 2 heterocycles. The average molecular weight is 590 g/mol. The van der Waals surface area contributed by atoms with Gasteiger partial charge in [0.1, 0.15) is 24.6 Å². The van der Waals surface area contributed by atoms with Crippen LogP contribution in [0.1, 0.15) is 48.7 Å². The molecule has 1 aliphatic heterocycles. The zero-order valence-electron chi connectivity index (χ0n) is 23.5. The van der Waals surface area contributed by atoms with Gasteiger partial charge in [0.05, 0.1) is 25.1 Å². The monoisotopic (exact) mass is 589 g/mol. The van der Waals surface area contributed by atoms with Crippen molar-refractivity contribution in [3.63, 3.8) is 0 Å². The molecule has 0 spiro atoms. The summed E-state index contributed by atoms with van der Waals surface area (Å²) in [7, 11) is -3.63. The summed E-state index contributed by atoms with van der Waals surface area (Å²) >= 11 is 0. The fraction of sp³-hybridized carbons (Fsp3) is 0.414. The summed E-state index contributed by atoms with van der Waals surface area (Å²) in [6.07, 6.45) is -0.0556. The number of Topliss-reactive ketones (excluding diaryl/α,β-unsaturated/α-hetero) is 1. The summed E-state index contributed by atoms with van der Waals surface area (Å²) < 4.78 is 54.6. The normalized spacial score (nSPS) is 17.3. The Balaban J connectivity index is 1.57. The first-order valence-electron chi connectivity index (χ1n) is 13.5. The SMILES string of the molecule is CCOP(=O)(OCC)c1ccc2c(c1)c(C(C)=O)cn2CC(=O)N1C[C@H](F)C[C@H]1C(=O)NCc1cccc(C)c1F. The van der Waals surface area contributed by atoms with E-state index in [4.69, 9.17) is 9.05 Å². The molecule has 0 radical (unpaired) electrons. The van der Waals surface area contributed by atoms with Crippen LogP contribution in [0.15, 0.2) is 42.6 Å². The molecule has 1 saturated heterocycles. The first kappa shape index (κ1) is 30.6. The number of carbonyl (C=O) groups excluding carboxylic acids is 3. The number of benzene rings is 2. The van der Waals surface area contributed by atoms with Gasteiger partial charge >= 0.3 is 7.60 Å². The number of hydrogen-bond donors (Lipinski definition) is 1. The van der Waals surface area contributed by atoms with Crippen LogP contribution in [0.3, 0.4) is 0 Å². The highest BCUT2D eigenvalue weighted by Crippen LogP contribution is 2.47. The van der Waals surface area contributed by atoms with Crippen LogP contribution in [0.5, 0.6) is 0 Å². The van der Waals surface area contributed by atoms with Gasteiger partial charge in [-0.1, -0.05) is 18.2 Å². The molecule has 0 bridgehead atoms. The second kappa shape index (κ2) is 12.6. The van der Waals surface area contributed by atoms with Crippen molar-refractivity contribution in [2.45, 2.75) is 59.4 Å². The minimum atomic E-state index is -3.63. The summed E-state index contributed by atoms with van der Waals surface area (Å²) in [4.78, 5) is 40.0. The number of ketones is 1. The number of nitrogens with zero attached hydrogens (tertiary/aromatic N) is 2. The van der Waals surface area contributed by atoms with E-state index in [2.05, 4.69) is 5.32 Å². The van der Waals surface area contributed by atoms with Crippen LogP contribution in [0.2, 0.25) is 0 Å². The number of aromatic nitrogens is 1. The van der Waals surface area contributed by atoms with Crippen molar-refractivity contribution in [2.75, 3.05) is 19.8 Å². The summed E-state index contributed by atoms with van der Waals surface area (Å²) in [6, 6.07) is 8.53. The van der Waals surface area contributed by atoms with Gasteiger partial charge in [-0.3, -0.25) is 18.9 Å². The fourth-order valence-corrected chi connectivity index (χ4v) is 6.68. The van der Waals surface area contributed by atoms with Crippen LogP contribution in [0.25, 0.3) is 10.9 Å². The molecular formula is C29H34F2N3O6P. The summed E-state index contributed by atoms with van der Waals surface area (Å²) in [5.74, 6) is -1.80. The molecule has 2 amide bonds. The second-order valence-electron chi connectivity index (χ2n) is 9.92.